The van der Waals surface area contributed by atoms with Crippen LogP contribution in [-0.2, 0) is 12.8 Å². The SMILES string of the molecule is Cc1ccccc1CCC(O)Cc1csc2ccccc12. The summed E-state index contributed by atoms with van der Waals surface area (Å²) in [5, 5.41) is 13.8. The van der Waals surface area contributed by atoms with Gasteiger partial charge in [-0.3, -0.25) is 0 Å². The highest BCUT2D eigenvalue weighted by Gasteiger charge is 2.10. The number of thiophene rings is 1. The minimum absolute atomic E-state index is 0.275. The fourth-order valence-corrected chi connectivity index (χ4v) is 3.74. The van der Waals surface area contributed by atoms with E-state index in [0.29, 0.717) is 0 Å². The second kappa shape index (κ2) is 6.42. The highest BCUT2D eigenvalue weighted by atomic mass is 32.1. The first kappa shape index (κ1) is 14.3. The van der Waals surface area contributed by atoms with Crippen LogP contribution in [0.4, 0.5) is 0 Å². The molecule has 2 heteroatoms. The Morgan fingerprint density at radius 2 is 1.76 bits per heavy atom. The van der Waals surface area contributed by atoms with Gasteiger partial charge in [-0.15, -0.1) is 11.3 Å². The van der Waals surface area contributed by atoms with Gasteiger partial charge in [-0.05, 0) is 59.7 Å². The summed E-state index contributed by atoms with van der Waals surface area (Å²) in [6.45, 7) is 2.13. The molecule has 0 amide bonds. The molecule has 1 unspecified atom stereocenters. The first-order chi connectivity index (χ1) is 10.2. The third-order valence-corrected chi connectivity index (χ3v) is 5.04. The van der Waals surface area contributed by atoms with Crippen molar-refractivity contribution in [2.24, 2.45) is 0 Å². The van der Waals surface area contributed by atoms with Gasteiger partial charge in [0.2, 0.25) is 0 Å². The molecule has 0 saturated heterocycles. The Morgan fingerprint density at radius 3 is 2.62 bits per heavy atom. The van der Waals surface area contributed by atoms with Gasteiger partial charge >= 0.3 is 0 Å². The molecule has 0 bridgehead atoms. The second-order valence-electron chi connectivity index (χ2n) is 5.58. The Bertz CT molecular complexity index is 729. The fraction of sp³-hybridized carbons (Fsp3) is 0.263. The molecule has 1 atom stereocenters. The number of rotatable bonds is 5. The summed E-state index contributed by atoms with van der Waals surface area (Å²) in [5.41, 5.74) is 3.92. The van der Waals surface area contributed by atoms with Crippen LogP contribution < -0.4 is 0 Å². The van der Waals surface area contributed by atoms with Crippen LogP contribution >= 0.6 is 11.3 Å². The predicted molar refractivity (Wildman–Crippen MR) is 91.0 cm³/mol. The molecule has 3 aromatic rings. The van der Waals surface area contributed by atoms with Crippen molar-refractivity contribution in [3.05, 3.63) is 70.6 Å². The quantitative estimate of drug-likeness (QED) is 0.720. The molecule has 0 saturated carbocycles. The summed E-state index contributed by atoms with van der Waals surface area (Å²) in [6, 6.07) is 16.8. The van der Waals surface area contributed by atoms with Crippen molar-refractivity contribution < 1.29 is 5.11 Å². The van der Waals surface area contributed by atoms with Crippen molar-refractivity contribution in [2.45, 2.75) is 32.3 Å². The van der Waals surface area contributed by atoms with Crippen molar-refractivity contribution in [3.63, 3.8) is 0 Å². The van der Waals surface area contributed by atoms with E-state index in [-0.39, 0.29) is 6.10 Å². The molecule has 0 aliphatic rings. The lowest BCUT2D eigenvalue weighted by Crippen LogP contribution is -2.11. The number of aryl methyl sites for hydroxylation is 2. The largest absolute Gasteiger partial charge is 0.393 e. The molecule has 1 heterocycles. The molecule has 0 fully saturated rings. The Hall–Kier alpha value is -1.64. The summed E-state index contributed by atoms with van der Waals surface area (Å²) in [4.78, 5) is 0. The lowest BCUT2D eigenvalue weighted by Gasteiger charge is -2.11. The topological polar surface area (TPSA) is 20.2 Å². The summed E-state index contributed by atoms with van der Waals surface area (Å²) in [7, 11) is 0. The van der Waals surface area contributed by atoms with Crippen LogP contribution in [0.25, 0.3) is 10.1 Å². The number of hydrogen-bond acceptors (Lipinski definition) is 2. The van der Waals surface area contributed by atoms with Gasteiger partial charge < -0.3 is 5.11 Å². The summed E-state index contributed by atoms with van der Waals surface area (Å²) in [5.74, 6) is 0. The molecule has 0 spiro atoms. The Labute approximate surface area is 129 Å². The average Bonchev–Trinajstić information content (AvgIpc) is 2.90. The highest BCUT2D eigenvalue weighted by molar-refractivity contribution is 7.17. The predicted octanol–water partition coefficient (Wildman–Crippen LogP) is 4.75. The molecule has 0 radical (unpaired) electrons. The van der Waals surface area contributed by atoms with Gasteiger partial charge in [0.1, 0.15) is 0 Å². The molecule has 0 aliphatic carbocycles. The maximum Gasteiger partial charge on any atom is 0.0584 e. The third-order valence-electron chi connectivity index (χ3n) is 4.02. The Balaban J connectivity index is 1.64. The van der Waals surface area contributed by atoms with Gasteiger partial charge in [-0.2, -0.15) is 0 Å². The van der Waals surface area contributed by atoms with Crippen LogP contribution in [0.1, 0.15) is 23.1 Å². The van der Waals surface area contributed by atoms with Gasteiger partial charge in [-0.25, -0.2) is 0 Å². The number of fused-ring (bicyclic) bond motifs is 1. The molecule has 2 aromatic carbocycles. The van der Waals surface area contributed by atoms with Crippen LogP contribution in [-0.4, -0.2) is 11.2 Å². The molecule has 1 N–H and O–H groups in total. The second-order valence-corrected chi connectivity index (χ2v) is 6.49. The van der Waals surface area contributed by atoms with E-state index in [1.165, 1.54) is 26.8 Å². The molecule has 3 rings (SSSR count). The summed E-state index contributed by atoms with van der Waals surface area (Å²) < 4.78 is 1.30. The van der Waals surface area contributed by atoms with Gasteiger partial charge in [0.25, 0.3) is 0 Å². The summed E-state index contributed by atoms with van der Waals surface area (Å²) >= 11 is 1.76. The zero-order valence-corrected chi connectivity index (χ0v) is 13.1. The first-order valence-electron chi connectivity index (χ1n) is 7.42. The highest BCUT2D eigenvalue weighted by Crippen LogP contribution is 2.27. The number of aliphatic hydroxyl groups is 1. The van der Waals surface area contributed by atoms with E-state index < -0.39 is 0 Å². The van der Waals surface area contributed by atoms with Crippen LogP contribution in [0.5, 0.6) is 0 Å². The van der Waals surface area contributed by atoms with E-state index in [4.69, 9.17) is 0 Å². The Morgan fingerprint density at radius 1 is 1.00 bits per heavy atom. The van der Waals surface area contributed by atoms with E-state index in [1.807, 2.05) is 0 Å². The zero-order chi connectivity index (χ0) is 14.7. The standard InChI is InChI=1S/C19H20OS/c1-14-6-2-3-7-15(14)10-11-17(20)12-16-13-21-19-9-5-4-8-18(16)19/h2-9,13,17,20H,10-12H2,1H3. The number of hydrogen-bond donors (Lipinski definition) is 1. The lowest BCUT2D eigenvalue weighted by atomic mass is 9.98. The molecular formula is C19H20OS. The van der Waals surface area contributed by atoms with E-state index in [1.54, 1.807) is 11.3 Å². The van der Waals surface area contributed by atoms with Crippen molar-refractivity contribution in [1.82, 2.24) is 0 Å². The van der Waals surface area contributed by atoms with Crippen molar-refractivity contribution in [3.8, 4) is 0 Å². The monoisotopic (exact) mass is 296 g/mol. The number of benzene rings is 2. The molecule has 0 aliphatic heterocycles. The van der Waals surface area contributed by atoms with Crippen molar-refractivity contribution in [1.29, 1.82) is 0 Å². The summed E-state index contributed by atoms with van der Waals surface area (Å²) in [6.07, 6.45) is 2.23. The normalized spacial score (nSPS) is 12.7. The minimum atomic E-state index is -0.275. The van der Waals surface area contributed by atoms with Crippen molar-refractivity contribution in [2.75, 3.05) is 0 Å². The van der Waals surface area contributed by atoms with Gasteiger partial charge in [0.05, 0.1) is 6.10 Å². The van der Waals surface area contributed by atoms with Gasteiger partial charge in [0.15, 0.2) is 0 Å². The fourth-order valence-electron chi connectivity index (χ4n) is 2.76. The Kier molecular flexibility index (Phi) is 4.37. The van der Waals surface area contributed by atoms with Crippen LogP contribution in [0.3, 0.4) is 0 Å². The van der Waals surface area contributed by atoms with E-state index in [0.717, 1.165) is 19.3 Å². The lowest BCUT2D eigenvalue weighted by molar-refractivity contribution is 0.165. The minimum Gasteiger partial charge on any atom is -0.393 e. The van der Waals surface area contributed by atoms with Crippen molar-refractivity contribution >= 4 is 21.4 Å². The van der Waals surface area contributed by atoms with Gasteiger partial charge in [-0.1, -0.05) is 42.5 Å². The van der Waals surface area contributed by atoms with Crippen LogP contribution in [0.2, 0.25) is 0 Å². The maximum atomic E-state index is 10.3. The molecular weight excluding hydrogens is 276 g/mol. The molecule has 1 aromatic heterocycles. The van der Waals surface area contributed by atoms with Gasteiger partial charge in [0, 0.05) is 4.70 Å². The van der Waals surface area contributed by atoms with E-state index >= 15 is 0 Å². The maximum absolute atomic E-state index is 10.3. The van der Waals surface area contributed by atoms with E-state index in [9.17, 15) is 5.11 Å². The van der Waals surface area contributed by atoms with E-state index in [2.05, 4.69) is 60.8 Å². The smallest absolute Gasteiger partial charge is 0.0584 e. The number of aliphatic hydroxyl groups excluding tert-OH is 1. The third kappa shape index (κ3) is 3.34. The zero-order valence-electron chi connectivity index (χ0n) is 12.3. The first-order valence-corrected chi connectivity index (χ1v) is 8.29. The molecule has 21 heavy (non-hydrogen) atoms. The van der Waals surface area contributed by atoms with Crippen LogP contribution in [0.15, 0.2) is 53.9 Å². The molecule has 108 valence electrons. The average molecular weight is 296 g/mol. The molecule has 1 nitrogen and oxygen atoms in total. The van der Waals surface area contributed by atoms with Crippen LogP contribution in [0, 0.1) is 6.92 Å².